The number of pyridine rings is 1. The van der Waals surface area contributed by atoms with E-state index in [1.807, 2.05) is 6.07 Å². The zero-order chi connectivity index (χ0) is 25.1. The molecule has 11 heteroatoms. The van der Waals surface area contributed by atoms with Crippen LogP contribution in [0.15, 0.2) is 36.5 Å². The molecule has 3 amide bonds. The number of hydrogen-bond acceptors (Lipinski definition) is 7. The molecule has 186 valence electrons. The number of nitrogens with two attached hydrogens (primary N) is 1. The number of piperidine rings is 1. The molecule has 1 unspecified atom stereocenters. The van der Waals surface area contributed by atoms with Gasteiger partial charge in [-0.05, 0) is 50.1 Å². The molecule has 35 heavy (non-hydrogen) atoms. The van der Waals surface area contributed by atoms with Crippen LogP contribution in [0.4, 0.5) is 20.7 Å². The number of primary amides is 1. The van der Waals surface area contributed by atoms with Gasteiger partial charge in [-0.2, -0.15) is 0 Å². The highest BCUT2D eigenvalue weighted by Gasteiger charge is 2.38. The molecule has 4 rings (SSSR count). The summed E-state index contributed by atoms with van der Waals surface area (Å²) in [5.41, 5.74) is 6.56. The second-order valence-electron chi connectivity index (χ2n) is 8.78. The SMILES string of the molecule is C[C@H](C(N)=O)C1CN(c2ccc(-c3ccc(N4CCC(NC(=O)CO)CC4)nc3)c(F)c2)C(=O)O1. The number of aromatic nitrogens is 1. The number of ether oxygens (including phenoxy) is 1. The quantitative estimate of drug-likeness (QED) is 0.539. The van der Waals surface area contributed by atoms with Gasteiger partial charge in [0.2, 0.25) is 11.8 Å². The molecule has 1 aromatic carbocycles. The molecule has 10 nitrogen and oxygen atoms in total. The molecule has 0 bridgehead atoms. The molecule has 1 aromatic heterocycles. The van der Waals surface area contributed by atoms with Crippen LogP contribution in [0.5, 0.6) is 0 Å². The number of amides is 3. The number of nitrogens with zero attached hydrogens (tertiary/aromatic N) is 3. The largest absolute Gasteiger partial charge is 0.443 e. The van der Waals surface area contributed by atoms with Gasteiger partial charge in [-0.25, -0.2) is 14.2 Å². The van der Waals surface area contributed by atoms with E-state index >= 15 is 0 Å². The molecule has 2 aromatic rings. The molecule has 0 spiro atoms. The van der Waals surface area contributed by atoms with Crippen molar-refractivity contribution in [1.82, 2.24) is 10.3 Å². The fourth-order valence-electron chi connectivity index (χ4n) is 4.30. The van der Waals surface area contributed by atoms with Gasteiger partial charge in [-0.15, -0.1) is 0 Å². The molecule has 0 aliphatic carbocycles. The number of aliphatic hydroxyl groups excluding tert-OH is 1. The fourth-order valence-corrected chi connectivity index (χ4v) is 4.30. The molecule has 2 aliphatic rings. The van der Waals surface area contributed by atoms with E-state index in [0.29, 0.717) is 29.9 Å². The lowest BCUT2D eigenvalue weighted by Crippen LogP contribution is -2.45. The first-order chi connectivity index (χ1) is 16.8. The number of cyclic esters (lactones) is 1. The van der Waals surface area contributed by atoms with E-state index < -0.39 is 36.4 Å². The van der Waals surface area contributed by atoms with Crippen LogP contribution in [0, 0.1) is 11.7 Å². The summed E-state index contributed by atoms with van der Waals surface area (Å²) in [6.45, 7) is 2.58. The van der Waals surface area contributed by atoms with Crippen molar-refractivity contribution >= 4 is 29.4 Å². The normalized spacial score (nSPS) is 19.4. The van der Waals surface area contributed by atoms with E-state index in [4.69, 9.17) is 15.6 Å². The van der Waals surface area contributed by atoms with E-state index in [0.717, 1.165) is 18.7 Å². The molecular weight excluding hydrogens is 457 g/mol. The summed E-state index contributed by atoms with van der Waals surface area (Å²) in [6, 6.07) is 8.09. The Kier molecular flexibility index (Phi) is 7.15. The standard InChI is InChI=1S/C24H28FN5O5/c1-14(23(26)33)20-12-30(24(34)35-20)17-3-4-18(19(25)10-17)15-2-5-21(27-11-15)29-8-6-16(7-9-29)28-22(32)13-31/h2-5,10-11,14,16,20,31H,6-9,12-13H2,1H3,(H2,26,33)(H,28,32)/t14-,20?/m0/s1. The molecular formula is C24H28FN5O5. The smallest absolute Gasteiger partial charge is 0.414 e. The van der Waals surface area contributed by atoms with Crippen LogP contribution in [0.3, 0.4) is 0 Å². The molecule has 2 aliphatic heterocycles. The second-order valence-corrected chi connectivity index (χ2v) is 8.78. The van der Waals surface area contributed by atoms with Crippen molar-refractivity contribution in [2.24, 2.45) is 11.7 Å². The Morgan fingerprint density at radius 3 is 2.63 bits per heavy atom. The van der Waals surface area contributed by atoms with Crippen LogP contribution >= 0.6 is 0 Å². The summed E-state index contributed by atoms with van der Waals surface area (Å²) in [5.74, 6) is -1.35. The number of aliphatic hydroxyl groups is 1. The summed E-state index contributed by atoms with van der Waals surface area (Å²) in [4.78, 5) is 42.8. The van der Waals surface area contributed by atoms with E-state index in [9.17, 15) is 18.8 Å². The van der Waals surface area contributed by atoms with Crippen molar-refractivity contribution in [2.45, 2.75) is 31.9 Å². The van der Waals surface area contributed by atoms with Crippen molar-refractivity contribution in [3.63, 3.8) is 0 Å². The maximum atomic E-state index is 15.0. The number of anilines is 2. The molecule has 2 atom stereocenters. The fraction of sp³-hybridized carbons (Fsp3) is 0.417. The van der Waals surface area contributed by atoms with E-state index in [-0.39, 0.29) is 18.5 Å². The van der Waals surface area contributed by atoms with E-state index in [1.165, 1.54) is 11.0 Å². The van der Waals surface area contributed by atoms with Crippen LogP contribution < -0.4 is 20.9 Å². The zero-order valence-electron chi connectivity index (χ0n) is 19.3. The predicted octanol–water partition coefficient (Wildman–Crippen LogP) is 1.41. The van der Waals surface area contributed by atoms with Gasteiger partial charge in [-0.1, -0.05) is 0 Å². The summed E-state index contributed by atoms with van der Waals surface area (Å²) < 4.78 is 20.2. The first-order valence-electron chi connectivity index (χ1n) is 11.5. The maximum absolute atomic E-state index is 15.0. The van der Waals surface area contributed by atoms with Crippen LogP contribution in [0.25, 0.3) is 11.1 Å². The highest BCUT2D eigenvalue weighted by Crippen LogP contribution is 2.31. The van der Waals surface area contributed by atoms with Crippen LogP contribution in [0.1, 0.15) is 19.8 Å². The van der Waals surface area contributed by atoms with Crippen LogP contribution in [0.2, 0.25) is 0 Å². The summed E-state index contributed by atoms with van der Waals surface area (Å²) >= 11 is 0. The molecule has 0 radical (unpaired) electrons. The third-order valence-electron chi connectivity index (χ3n) is 6.49. The zero-order valence-corrected chi connectivity index (χ0v) is 19.3. The molecule has 2 fully saturated rings. The lowest BCUT2D eigenvalue weighted by molar-refractivity contribution is -0.125. The Labute approximate surface area is 201 Å². The molecule has 2 saturated heterocycles. The Morgan fingerprint density at radius 2 is 2.03 bits per heavy atom. The Morgan fingerprint density at radius 1 is 1.29 bits per heavy atom. The topological polar surface area (TPSA) is 138 Å². The lowest BCUT2D eigenvalue weighted by atomic mass is 10.0. The Bertz CT molecular complexity index is 1100. The number of benzene rings is 1. The minimum atomic E-state index is -0.685. The van der Waals surface area contributed by atoms with Gasteiger partial charge in [0.25, 0.3) is 0 Å². The Balaban J connectivity index is 1.41. The van der Waals surface area contributed by atoms with Crippen molar-refractivity contribution in [3.8, 4) is 11.1 Å². The highest BCUT2D eigenvalue weighted by atomic mass is 19.1. The highest BCUT2D eigenvalue weighted by molar-refractivity contribution is 5.91. The second kappa shape index (κ2) is 10.3. The Hall–Kier alpha value is -3.73. The van der Waals surface area contributed by atoms with Gasteiger partial charge >= 0.3 is 6.09 Å². The number of carbonyl (C=O) groups excluding carboxylic acids is 3. The first-order valence-corrected chi connectivity index (χ1v) is 11.5. The predicted molar refractivity (Wildman–Crippen MR) is 126 cm³/mol. The van der Waals surface area contributed by atoms with Crippen molar-refractivity contribution in [3.05, 3.63) is 42.3 Å². The van der Waals surface area contributed by atoms with Gasteiger partial charge in [0, 0.05) is 36.5 Å². The maximum Gasteiger partial charge on any atom is 0.414 e. The average Bonchev–Trinajstić information content (AvgIpc) is 3.25. The third kappa shape index (κ3) is 5.35. The summed E-state index contributed by atoms with van der Waals surface area (Å²) in [6.07, 6.45) is 1.74. The number of rotatable bonds is 7. The average molecular weight is 486 g/mol. The van der Waals surface area contributed by atoms with Gasteiger partial charge in [-0.3, -0.25) is 14.5 Å². The van der Waals surface area contributed by atoms with Crippen molar-refractivity contribution in [2.75, 3.05) is 36.0 Å². The van der Waals surface area contributed by atoms with E-state index in [2.05, 4.69) is 15.2 Å². The summed E-state index contributed by atoms with van der Waals surface area (Å²) in [7, 11) is 0. The lowest BCUT2D eigenvalue weighted by Gasteiger charge is -2.33. The van der Waals surface area contributed by atoms with Gasteiger partial charge in [0.15, 0.2) is 0 Å². The molecule has 0 saturated carbocycles. The first kappa shape index (κ1) is 24.4. The minimum Gasteiger partial charge on any atom is -0.443 e. The van der Waals surface area contributed by atoms with Crippen molar-refractivity contribution < 1.29 is 28.6 Å². The van der Waals surface area contributed by atoms with E-state index in [1.54, 1.807) is 31.3 Å². The van der Waals surface area contributed by atoms with Gasteiger partial charge in [0.1, 0.15) is 24.3 Å². The number of carbonyl (C=O) groups is 3. The van der Waals surface area contributed by atoms with Crippen LogP contribution in [-0.4, -0.2) is 66.4 Å². The molecule has 4 N–H and O–H groups in total. The number of nitrogens with one attached hydrogen (secondary N) is 1. The number of hydrogen-bond donors (Lipinski definition) is 3. The van der Waals surface area contributed by atoms with Gasteiger partial charge in [0.05, 0.1) is 18.2 Å². The third-order valence-corrected chi connectivity index (χ3v) is 6.49. The monoisotopic (exact) mass is 485 g/mol. The van der Waals surface area contributed by atoms with Crippen LogP contribution in [-0.2, 0) is 14.3 Å². The summed E-state index contributed by atoms with van der Waals surface area (Å²) in [5, 5.41) is 11.7. The van der Waals surface area contributed by atoms with Gasteiger partial charge < -0.3 is 25.8 Å². The molecule has 3 heterocycles. The van der Waals surface area contributed by atoms with Crippen molar-refractivity contribution in [1.29, 1.82) is 0 Å². The number of halogens is 1. The minimum absolute atomic E-state index is 0.0277.